The Morgan fingerprint density at radius 3 is 2.83 bits per heavy atom. The van der Waals surface area contributed by atoms with E-state index in [2.05, 4.69) is 5.32 Å². The van der Waals surface area contributed by atoms with E-state index >= 15 is 0 Å². The highest BCUT2D eigenvalue weighted by Crippen LogP contribution is 2.28. The molecule has 0 atom stereocenters. The summed E-state index contributed by atoms with van der Waals surface area (Å²) < 4.78 is 0. The van der Waals surface area contributed by atoms with Gasteiger partial charge in [-0.1, -0.05) is 37.8 Å². The van der Waals surface area contributed by atoms with Crippen molar-refractivity contribution in [3.8, 4) is 0 Å². The first kappa shape index (κ1) is 13.1. The predicted octanol–water partition coefficient (Wildman–Crippen LogP) is 3.05. The molecular weight excluding hydrogens is 224 g/mol. The van der Waals surface area contributed by atoms with Gasteiger partial charge in [0.15, 0.2) is 0 Å². The summed E-state index contributed by atoms with van der Waals surface area (Å²) in [5.41, 5.74) is 7.48. The maximum Gasteiger partial charge on any atom is 0.224 e. The van der Waals surface area contributed by atoms with Crippen molar-refractivity contribution >= 4 is 11.6 Å². The van der Waals surface area contributed by atoms with Crippen molar-refractivity contribution < 1.29 is 4.79 Å². The molecule has 0 bridgehead atoms. The van der Waals surface area contributed by atoms with Crippen LogP contribution in [0.5, 0.6) is 0 Å². The van der Waals surface area contributed by atoms with Crippen LogP contribution in [0.4, 0.5) is 5.69 Å². The molecule has 1 fully saturated rings. The molecule has 1 aromatic rings. The summed E-state index contributed by atoms with van der Waals surface area (Å²) in [7, 11) is 0. The average Bonchev–Trinajstić information content (AvgIpc) is 2.90. The highest BCUT2D eigenvalue weighted by molar-refractivity contribution is 5.90. The van der Waals surface area contributed by atoms with Crippen LogP contribution < -0.4 is 11.1 Å². The number of anilines is 1. The Labute approximate surface area is 109 Å². The molecule has 0 unspecified atom stereocenters. The van der Waals surface area contributed by atoms with Gasteiger partial charge in [0.1, 0.15) is 0 Å². The smallest absolute Gasteiger partial charge is 0.224 e. The second-order valence-electron chi connectivity index (χ2n) is 5.14. The maximum atomic E-state index is 11.8. The summed E-state index contributed by atoms with van der Waals surface area (Å²) in [6.45, 7) is 0.506. The van der Waals surface area contributed by atoms with Crippen LogP contribution in [-0.2, 0) is 11.3 Å². The Morgan fingerprint density at radius 2 is 2.11 bits per heavy atom. The summed E-state index contributed by atoms with van der Waals surface area (Å²) in [5.74, 6) is 0.891. The van der Waals surface area contributed by atoms with Gasteiger partial charge in [-0.3, -0.25) is 4.79 Å². The van der Waals surface area contributed by atoms with Crippen LogP contribution in [0.1, 0.15) is 44.1 Å². The molecule has 18 heavy (non-hydrogen) atoms. The van der Waals surface area contributed by atoms with Gasteiger partial charge in [0.2, 0.25) is 5.91 Å². The topological polar surface area (TPSA) is 55.1 Å². The SMILES string of the molecule is NCc1cccc(NC(=O)CCC2CCCC2)c1. The van der Waals surface area contributed by atoms with Crippen LogP contribution in [0.3, 0.4) is 0 Å². The van der Waals surface area contributed by atoms with Crippen molar-refractivity contribution in [2.75, 3.05) is 5.32 Å². The van der Waals surface area contributed by atoms with Crippen molar-refractivity contribution in [2.45, 2.75) is 45.1 Å². The second kappa shape index (κ2) is 6.55. The van der Waals surface area contributed by atoms with E-state index in [4.69, 9.17) is 5.73 Å². The Bertz CT molecular complexity index is 397. The van der Waals surface area contributed by atoms with E-state index in [-0.39, 0.29) is 5.91 Å². The number of nitrogens with one attached hydrogen (secondary N) is 1. The number of amides is 1. The number of carbonyl (C=O) groups is 1. The van der Waals surface area contributed by atoms with Crippen LogP contribution in [0, 0.1) is 5.92 Å². The van der Waals surface area contributed by atoms with Crippen molar-refractivity contribution in [3.63, 3.8) is 0 Å². The van der Waals surface area contributed by atoms with E-state index in [9.17, 15) is 4.79 Å². The quantitative estimate of drug-likeness (QED) is 0.839. The molecule has 1 saturated carbocycles. The molecular formula is C15H22N2O. The van der Waals surface area contributed by atoms with E-state index in [0.29, 0.717) is 13.0 Å². The lowest BCUT2D eigenvalue weighted by atomic mass is 10.0. The molecule has 3 heteroatoms. The van der Waals surface area contributed by atoms with Crippen LogP contribution in [-0.4, -0.2) is 5.91 Å². The van der Waals surface area contributed by atoms with Crippen LogP contribution in [0.2, 0.25) is 0 Å². The fourth-order valence-corrected chi connectivity index (χ4v) is 2.63. The zero-order valence-electron chi connectivity index (χ0n) is 10.8. The van der Waals surface area contributed by atoms with Gasteiger partial charge < -0.3 is 11.1 Å². The first-order valence-electron chi connectivity index (χ1n) is 6.87. The lowest BCUT2D eigenvalue weighted by Gasteiger charge is -2.09. The van der Waals surface area contributed by atoms with Crippen molar-refractivity contribution in [3.05, 3.63) is 29.8 Å². The molecule has 0 spiro atoms. The second-order valence-corrected chi connectivity index (χ2v) is 5.14. The van der Waals surface area contributed by atoms with Crippen molar-refractivity contribution in [1.29, 1.82) is 0 Å². The summed E-state index contributed by atoms with van der Waals surface area (Å²) in [6, 6.07) is 7.74. The first-order chi connectivity index (χ1) is 8.78. The number of hydrogen-bond donors (Lipinski definition) is 2. The van der Waals surface area contributed by atoms with Crippen molar-refractivity contribution in [2.24, 2.45) is 11.7 Å². The highest BCUT2D eigenvalue weighted by atomic mass is 16.1. The van der Waals surface area contributed by atoms with Crippen LogP contribution in [0.25, 0.3) is 0 Å². The van der Waals surface area contributed by atoms with Gasteiger partial charge in [-0.2, -0.15) is 0 Å². The molecule has 1 aliphatic rings. The lowest BCUT2D eigenvalue weighted by Crippen LogP contribution is -2.13. The van der Waals surface area contributed by atoms with Gasteiger partial charge >= 0.3 is 0 Å². The Morgan fingerprint density at radius 1 is 1.33 bits per heavy atom. The van der Waals surface area contributed by atoms with E-state index in [1.165, 1.54) is 25.7 Å². The molecule has 3 nitrogen and oxygen atoms in total. The normalized spacial score (nSPS) is 15.8. The molecule has 0 radical (unpaired) electrons. The molecule has 0 heterocycles. The van der Waals surface area contributed by atoms with E-state index in [0.717, 1.165) is 23.6 Å². The van der Waals surface area contributed by atoms with Crippen LogP contribution >= 0.6 is 0 Å². The van der Waals surface area contributed by atoms with Gasteiger partial charge in [0.05, 0.1) is 0 Å². The fraction of sp³-hybridized carbons (Fsp3) is 0.533. The Balaban J connectivity index is 1.78. The summed E-state index contributed by atoms with van der Waals surface area (Å²) in [5, 5.41) is 2.95. The van der Waals surface area contributed by atoms with Gasteiger partial charge in [-0.05, 0) is 30.0 Å². The lowest BCUT2D eigenvalue weighted by molar-refractivity contribution is -0.116. The number of hydrogen-bond acceptors (Lipinski definition) is 2. The minimum absolute atomic E-state index is 0.121. The van der Waals surface area contributed by atoms with E-state index < -0.39 is 0 Å². The molecule has 0 saturated heterocycles. The van der Waals surface area contributed by atoms with Crippen molar-refractivity contribution in [1.82, 2.24) is 0 Å². The number of nitrogens with two attached hydrogens (primary N) is 1. The standard InChI is InChI=1S/C15H22N2O/c16-11-13-6-3-7-14(10-13)17-15(18)9-8-12-4-1-2-5-12/h3,6-7,10,12H,1-2,4-5,8-9,11,16H2,(H,17,18). The number of benzene rings is 1. The van der Waals surface area contributed by atoms with Gasteiger partial charge in [-0.25, -0.2) is 0 Å². The van der Waals surface area contributed by atoms with Crippen LogP contribution in [0.15, 0.2) is 24.3 Å². The molecule has 1 aliphatic carbocycles. The van der Waals surface area contributed by atoms with Gasteiger partial charge in [0, 0.05) is 18.7 Å². The third kappa shape index (κ3) is 3.84. The zero-order chi connectivity index (χ0) is 12.8. The molecule has 3 N–H and O–H groups in total. The monoisotopic (exact) mass is 246 g/mol. The zero-order valence-corrected chi connectivity index (χ0v) is 10.8. The summed E-state index contributed by atoms with van der Waals surface area (Å²) in [4.78, 5) is 11.8. The third-order valence-electron chi connectivity index (χ3n) is 3.70. The molecule has 98 valence electrons. The summed E-state index contributed by atoms with van der Waals surface area (Å²) >= 11 is 0. The molecule has 0 aromatic heterocycles. The average molecular weight is 246 g/mol. The Hall–Kier alpha value is -1.35. The third-order valence-corrected chi connectivity index (χ3v) is 3.70. The minimum Gasteiger partial charge on any atom is -0.326 e. The first-order valence-corrected chi connectivity index (χ1v) is 6.87. The maximum absolute atomic E-state index is 11.8. The number of rotatable bonds is 5. The Kier molecular flexibility index (Phi) is 4.76. The molecule has 2 rings (SSSR count). The number of carbonyl (C=O) groups excluding carboxylic acids is 1. The van der Waals surface area contributed by atoms with E-state index in [1.807, 2.05) is 24.3 Å². The summed E-state index contributed by atoms with van der Waals surface area (Å²) in [6.07, 6.45) is 6.95. The van der Waals surface area contributed by atoms with Gasteiger partial charge in [0.25, 0.3) is 0 Å². The molecule has 1 aromatic carbocycles. The molecule has 1 amide bonds. The highest BCUT2D eigenvalue weighted by Gasteiger charge is 2.16. The largest absolute Gasteiger partial charge is 0.326 e. The predicted molar refractivity (Wildman–Crippen MR) is 74.2 cm³/mol. The van der Waals surface area contributed by atoms with Gasteiger partial charge in [-0.15, -0.1) is 0 Å². The van der Waals surface area contributed by atoms with E-state index in [1.54, 1.807) is 0 Å². The minimum atomic E-state index is 0.121. The molecule has 0 aliphatic heterocycles. The fourth-order valence-electron chi connectivity index (χ4n) is 2.63.